The lowest BCUT2D eigenvalue weighted by atomic mass is 9.76. The van der Waals surface area contributed by atoms with Crippen LogP contribution in [0.5, 0.6) is 0 Å². The van der Waals surface area contributed by atoms with Crippen LogP contribution in [0, 0.1) is 29.6 Å². The van der Waals surface area contributed by atoms with E-state index >= 15 is 0 Å². The quantitative estimate of drug-likeness (QED) is 0.621. The minimum atomic E-state index is -1.08. The van der Waals surface area contributed by atoms with Gasteiger partial charge in [0.15, 0.2) is 6.29 Å². The number of hydrogen-bond acceptors (Lipinski definition) is 4. The van der Waals surface area contributed by atoms with Crippen LogP contribution in [0.4, 0.5) is 0 Å². The smallest absolute Gasteiger partial charge is 0.336 e. The molecule has 3 aliphatic rings. The summed E-state index contributed by atoms with van der Waals surface area (Å²) in [6, 6.07) is 0. The van der Waals surface area contributed by atoms with Gasteiger partial charge in [-0.3, -0.25) is 0 Å². The first kappa shape index (κ1) is 14.3. The average molecular weight is 282 g/mol. The molecule has 0 aromatic carbocycles. The van der Waals surface area contributed by atoms with Crippen LogP contribution < -0.4 is 0 Å². The van der Waals surface area contributed by atoms with Gasteiger partial charge in [-0.05, 0) is 69.1 Å². The maximum atomic E-state index is 11.3. The first-order valence-corrected chi connectivity index (χ1v) is 8.06. The van der Waals surface area contributed by atoms with Crippen molar-refractivity contribution in [3.63, 3.8) is 0 Å². The van der Waals surface area contributed by atoms with E-state index in [0.29, 0.717) is 12.5 Å². The number of aliphatic hydroxyl groups is 1. The molecule has 4 heteroatoms. The number of aliphatic hydroxyl groups excluding tert-OH is 1. The minimum absolute atomic E-state index is 0.560. The zero-order valence-electron chi connectivity index (χ0n) is 12.5. The Balaban J connectivity index is 1.45. The van der Waals surface area contributed by atoms with Gasteiger partial charge in [0.1, 0.15) is 6.10 Å². The Hall–Kier alpha value is -0.610. The van der Waals surface area contributed by atoms with Gasteiger partial charge in [0.2, 0.25) is 0 Å². The normalized spacial score (nSPS) is 41.5. The molecule has 7 unspecified atom stereocenters. The Morgan fingerprint density at radius 2 is 1.95 bits per heavy atom. The van der Waals surface area contributed by atoms with Gasteiger partial charge >= 0.3 is 5.97 Å². The molecule has 20 heavy (non-hydrogen) atoms. The van der Waals surface area contributed by atoms with E-state index in [4.69, 9.17) is 14.6 Å². The maximum absolute atomic E-state index is 11.3. The van der Waals surface area contributed by atoms with Crippen LogP contribution in [-0.4, -0.2) is 30.1 Å². The van der Waals surface area contributed by atoms with Crippen LogP contribution in [-0.2, 0) is 14.3 Å². The Morgan fingerprint density at radius 3 is 2.70 bits per heavy atom. The molecule has 3 saturated carbocycles. The monoisotopic (exact) mass is 282 g/mol. The summed E-state index contributed by atoms with van der Waals surface area (Å²) in [7, 11) is 0. The molecule has 3 rings (SSSR count). The number of ether oxygens (including phenoxy) is 2. The Bertz CT molecular complexity index is 367. The van der Waals surface area contributed by atoms with E-state index in [-0.39, 0.29) is 0 Å². The summed E-state index contributed by atoms with van der Waals surface area (Å²) < 4.78 is 10.7. The predicted octanol–water partition coefficient (Wildman–Crippen LogP) is 2.35. The number of hydrogen-bond donors (Lipinski definition) is 1. The van der Waals surface area contributed by atoms with Crippen LogP contribution in [0.25, 0.3) is 0 Å². The van der Waals surface area contributed by atoms with E-state index in [9.17, 15) is 4.79 Å². The Labute approximate surface area is 120 Å². The number of fused-ring (bicyclic) bond motifs is 5. The Morgan fingerprint density at radius 1 is 1.20 bits per heavy atom. The molecule has 0 aliphatic heterocycles. The number of carbonyl (C=O) groups is 1. The zero-order valence-corrected chi connectivity index (χ0v) is 12.5. The van der Waals surface area contributed by atoms with E-state index in [1.807, 2.05) is 0 Å². The number of carbonyl (C=O) groups excluding carboxylic acids is 1. The van der Waals surface area contributed by atoms with E-state index in [0.717, 1.165) is 23.7 Å². The van der Waals surface area contributed by atoms with Gasteiger partial charge in [-0.25, -0.2) is 4.79 Å². The van der Waals surface area contributed by atoms with Crippen LogP contribution in [0.1, 0.15) is 46.0 Å². The lowest BCUT2D eigenvalue weighted by Gasteiger charge is -2.32. The van der Waals surface area contributed by atoms with Gasteiger partial charge < -0.3 is 14.6 Å². The third-order valence-electron chi connectivity index (χ3n) is 5.73. The summed E-state index contributed by atoms with van der Waals surface area (Å²) in [5.74, 6) is 3.75. The first-order valence-electron chi connectivity index (χ1n) is 8.06. The van der Waals surface area contributed by atoms with Crippen molar-refractivity contribution in [1.82, 2.24) is 0 Å². The van der Waals surface area contributed by atoms with E-state index < -0.39 is 18.4 Å². The standard InChI is InChI=1S/C16H26O4/c1-9(17)16(18)20-10(2)19-8-12-6-11-7-15(12)14-5-3-4-13(11)14/h9-15,17H,3-8H2,1-2H3. The fourth-order valence-corrected chi connectivity index (χ4v) is 4.96. The highest BCUT2D eigenvalue weighted by molar-refractivity contribution is 5.73. The predicted molar refractivity (Wildman–Crippen MR) is 73.7 cm³/mol. The van der Waals surface area contributed by atoms with Gasteiger partial charge in [-0.1, -0.05) is 6.42 Å². The topological polar surface area (TPSA) is 55.8 Å². The van der Waals surface area contributed by atoms with Crippen LogP contribution in [0.2, 0.25) is 0 Å². The second kappa shape index (κ2) is 5.64. The van der Waals surface area contributed by atoms with Gasteiger partial charge in [0.25, 0.3) is 0 Å². The van der Waals surface area contributed by atoms with Crippen molar-refractivity contribution in [2.75, 3.05) is 6.61 Å². The summed E-state index contributed by atoms with van der Waals surface area (Å²) in [5, 5.41) is 9.11. The van der Waals surface area contributed by atoms with Gasteiger partial charge in [-0.15, -0.1) is 0 Å². The molecule has 114 valence electrons. The third-order valence-corrected chi connectivity index (χ3v) is 5.73. The summed E-state index contributed by atoms with van der Waals surface area (Å²) >= 11 is 0. The molecule has 3 fully saturated rings. The molecule has 2 bridgehead atoms. The fourth-order valence-electron chi connectivity index (χ4n) is 4.96. The molecule has 7 atom stereocenters. The van der Waals surface area contributed by atoms with Crippen LogP contribution >= 0.6 is 0 Å². The van der Waals surface area contributed by atoms with Crippen LogP contribution in [0.3, 0.4) is 0 Å². The molecule has 0 spiro atoms. The van der Waals surface area contributed by atoms with Crippen molar-refractivity contribution in [2.45, 2.75) is 58.3 Å². The highest BCUT2D eigenvalue weighted by Crippen LogP contribution is 2.60. The van der Waals surface area contributed by atoms with Crippen LogP contribution in [0.15, 0.2) is 0 Å². The van der Waals surface area contributed by atoms with Crippen molar-refractivity contribution >= 4 is 5.97 Å². The van der Waals surface area contributed by atoms with Crippen molar-refractivity contribution in [1.29, 1.82) is 0 Å². The number of esters is 1. The molecule has 3 aliphatic carbocycles. The summed E-state index contributed by atoms with van der Waals surface area (Å²) in [5.41, 5.74) is 0. The lowest BCUT2D eigenvalue weighted by molar-refractivity contribution is -0.186. The maximum Gasteiger partial charge on any atom is 0.336 e. The second-order valence-electron chi connectivity index (χ2n) is 6.93. The molecular weight excluding hydrogens is 256 g/mol. The summed E-state index contributed by atoms with van der Waals surface area (Å²) in [6.45, 7) is 3.83. The summed E-state index contributed by atoms with van der Waals surface area (Å²) in [4.78, 5) is 11.3. The minimum Gasteiger partial charge on any atom is -0.434 e. The van der Waals surface area contributed by atoms with E-state index in [1.54, 1.807) is 6.92 Å². The number of rotatable bonds is 5. The highest BCUT2D eigenvalue weighted by Gasteiger charge is 2.53. The van der Waals surface area contributed by atoms with Gasteiger partial charge in [0, 0.05) is 0 Å². The molecule has 0 amide bonds. The molecule has 1 N–H and O–H groups in total. The Kier molecular flexibility index (Phi) is 4.04. The SMILES string of the molecule is CC(OCC1CC2CC1C1CCCC21)OC(=O)C(C)O. The molecule has 0 heterocycles. The molecule has 0 aromatic rings. The summed E-state index contributed by atoms with van der Waals surface area (Å²) in [6.07, 6.45) is 5.32. The van der Waals surface area contributed by atoms with Gasteiger partial charge in [-0.2, -0.15) is 0 Å². The lowest BCUT2D eigenvalue weighted by Crippen LogP contribution is -2.31. The zero-order chi connectivity index (χ0) is 14.3. The molecule has 0 radical (unpaired) electrons. The van der Waals surface area contributed by atoms with Crippen molar-refractivity contribution in [3.05, 3.63) is 0 Å². The molecule has 0 saturated heterocycles. The highest BCUT2D eigenvalue weighted by atomic mass is 16.7. The van der Waals surface area contributed by atoms with Crippen molar-refractivity contribution in [3.8, 4) is 0 Å². The second-order valence-corrected chi connectivity index (χ2v) is 6.93. The fraction of sp³-hybridized carbons (Fsp3) is 0.938. The molecule has 4 nitrogen and oxygen atoms in total. The first-order chi connectivity index (χ1) is 9.56. The van der Waals surface area contributed by atoms with E-state index in [2.05, 4.69) is 0 Å². The molecular formula is C16H26O4. The third kappa shape index (κ3) is 2.60. The van der Waals surface area contributed by atoms with Gasteiger partial charge in [0.05, 0.1) is 6.61 Å². The largest absolute Gasteiger partial charge is 0.434 e. The van der Waals surface area contributed by atoms with Crippen molar-refractivity contribution < 1.29 is 19.4 Å². The molecule has 0 aromatic heterocycles. The van der Waals surface area contributed by atoms with E-state index in [1.165, 1.54) is 39.0 Å². The van der Waals surface area contributed by atoms with Crippen molar-refractivity contribution in [2.24, 2.45) is 29.6 Å². The average Bonchev–Trinajstić information content (AvgIpc) is 3.08.